The van der Waals surface area contributed by atoms with E-state index in [1.807, 2.05) is 39.5 Å². The Morgan fingerprint density at radius 3 is 2.24 bits per heavy atom. The van der Waals surface area contributed by atoms with Gasteiger partial charge in [-0.25, -0.2) is 33.6 Å². The fourth-order valence-corrected chi connectivity index (χ4v) is 5.82. The van der Waals surface area contributed by atoms with Crippen LogP contribution in [0.1, 0.15) is 84.2 Å². The molecular weight excluding hydrogens is 593 g/mol. The molecule has 5 rings (SSSR count). The Bertz CT molecular complexity index is 1740. The summed E-state index contributed by atoms with van der Waals surface area (Å²) in [5.41, 5.74) is -0.385. The van der Waals surface area contributed by atoms with Crippen molar-refractivity contribution in [2.24, 2.45) is 0 Å². The van der Waals surface area contributed by atoms with Crippen LogP contribution in [0, 0.1) is 0 Å². The standard InChI is InChI=1S/C33H40FN7O5/c1-18(2)25-28(26(19(3)4)36-17-35-25)40-30-22(15-23(34)27(41(30)45)21-11-9-10-12-24(21)42)29(37-31(40)43)39-14-13-38(16-20(39)5)32(44)46-33(6,7)8/h9-12,15,17-20,45H,13-14,16H2,1-8H3/b27-21-/t20-/m0/s1. The SMILES string of the molecule is CC(C)c1ncnc(C(C)C)c1-n1c2c(c(N3CCN(C(=O)OC(C)(C)C)C[C@@H]3C)nc1=O)C=C(F)/C(=C1\C=CC=CC1=O)N2O. The van der Waals surface area contributed by atoms with Crippen LogP contribution in [0.3, 0.4) is 0 Å². The number of ether oxygens (including phenoxy) is 1. The fraction of sp³-hybridized carbons (Fsp3) is 0.455. The summed E-state index contributed by atoms with van der Waals surface area (Å²) in [5.74, 6) is -1.68. The van der Waals surface area contributed by atoms with Crippen molar-refractivity contribution < 1.29 is 23.9 Å². The van der Waals surface area contributed by atoms with Crippen LogP contribution in [0.25, 0.3) is 11.8 Å². The zero-order chi connectivity index (χ0) is 33.7. The summed E-state index contributed by atoms with van der Waals surface area (Å²) < 4.78 is 22.9. The normalized spacial score (nSPS) is 20.1. The summed E-state index contributed by atoms with van der Waals surface area (Å²) in [5, 5.41) is 12.4. The molecule has 1 atom stereocenters. The van der Waals surface area contributed by atoms with Gasteiger partial charge in [-0.3, -0.25) is 10.0 Å². The highest BCUT2D eigenvalue weighted by molar-refractivity contribution is 6.09. The van der Waals surface area contributed by atoms with Crippen LogP contribution in [0.15, 0.2) is 52.5 Å². The van der Waals surface area contributed by atoms with E-state index >= 15 is 4.39 Å². The van der Waals surface area contributed by atoms with Gasteiger partial charge in [-0.05, 0) is 57.8 Å². The van der Waals surface area contributed by atoms with E-state index in [1.54, 1.807) is 31.7 Å². The molecule has 0 saturated carbocycles. The number of carbonyl (C=O) groups excluding carboxylic acids is 2. The Labute approximate surface area is 267 Å². The van der Waals surface area contributed by atoms with Crippen LogP contribution in [0.5, 0.6) is 0 Å². The molecule has 0 bridgehead atoms. The minimum Gasteiger partial charge on any atom is -0.444 e. The largest absolute Gasteiger partial charge is 0.444 e. The van der Waals surface area contributed by atoms with Crippen LogP contribution in [0.4, 0.5) is 20.8 Å². The number of anilines is 2. The Morgan fingerprint density at radius 1 is 1.04 bits per heavy atom. The fourth-order valence-electron chi connectivity index (χ4n) is 5.82. The molecule has 12 nitrogen and oxygen atoms in total. The number of fused-ring (bicyclic) bond motifs is 1. The minimum atomic E-state index is -0.885. The van der Waals surface area contributed by atoms with E-state index in [-0.39, 0.29) is 60.3 Å². The number of hydroxylamine groups is 1. The van der Waals surface area contributed by atoms with E-state index in [2.05, 4.69) is 15.0 Å². The predicted octanol–water partition coefficient (Wildman–Crippen LogP) is 5.18. The highest BCUT2D eigenvalue weighted by atomic mass is 19.1. The lowest BCUT2D eigenvalue weighted by Crippen LogP contribution is -2.55. The first-order valence-corrected chi connectivity index (χ1v) is 15.4. The number of rotatable bonds is 4. The number of piperazine rings is 1. The van der Waals surface area contributed by atoms with E-state index in [4.69, 9.17) is 4.74 Å². The Balaban J connectivity index is 1.75. The van der Waals surface area contributed by atoms with Gasteiger partial charge in [0.15, 0.2) is 17.4 Å². The van der Waals surface area contributed by atoms with Gasteiger partial charge in [0, 0.05) is 25.7 Å². The molecule has 4 heterocycles. The average molecular weight is 634 g/mol. The second kappa shape index (κ2) is 12.3. The molecule has 1 amide bonds. The van der Waals surface area contributed by atoms with Gasteiger partial charge in [0.2, 0.25) is 0 Å². The summed E-state index contributed by atoms with van der Waals surface area (Å²) in [7, 11) is 0. The van der Waals surface area contributed by atoms with Crippen LogP contribution in [-0.4, -0.2) is 72.8 Å². The van der Waals surface area contributed by atoms with Crippen molar-refractivity contribution in [3.8, 4) is 5.69 Å². The van der Waals surface area contributed by atoms with Gasteiger partial charge >= 0.3 is 11.8 Å². The van der Waals surface area contributed by atoms with Gasteiger partial charge in [-0.2, -0.15) is 4.98 Å². The van der Waals surface area contributed by atoms with Crippen LogP contribution >= 0.6 is 0 Å². The van der Waals surface area contributed by atoms with Gasteiger partial charge in [0.05, 0.1) is 28.2 Å². The van der Waals surface area contributed by atoms with Crippen molar-refractivity contribution >= 4 is 29.6 Å². The van der Waals surface area contributed by atoms with Crippen LogP contribution in [0.2, 0.25) is 0 Å². The number of allylic oxidation sites excluding steroid dienone is 6. The maximum atomic E-state index is 16.1. The molecule has 13 heteroatoms. The number of aromatic nitrogens is 4. The molecule has 244 valence electrons. The molecule has 0 unspecified atom stereocenters. The lowest BCUT2D eigenvalue weighted by atomic mass is 9.98. The Morgan fingerprint density at radius 2 is 1.67 bits per heavy atom. The summed E-state index contributed by atoms with van der Waals surface area (Å²) >= 11 is 0. The number of halogens is 1. The topological polar surface area (TPSA) is 134 Å². The van der Waals surface area contributed by atoms with Crippen LogP contribution < -0.4 is 15.7 Å². The molecule has 0 radical (unpaired) electrons. The van der Waals surface area contributed by atoms with Gasteiger partial charge < -0.3 is 14.5 Å². The molecule has 1 saturated heterocycles. The zero-order valence-electron chi connectivity index (χ0n) is 27.4. The molecule has 1 aliphatic carbocycles. The lowest BCUT2D eigenvalue weighted by molar-refractivity contribution is -0.111. The maximum Gasteiger partial charge on any atom is 0.410 e. The highest BCUT2D eigenvalue weighted by Crippen LogP contribution is 2.42. The van der Waals surface area contributed by atoms with E-state index in [0.717, 1.165) is 0 Å². The molecule has 1 N–H and O–H groups in total. The molecular formula is C33H40FN7O5. The minimum absolute atomic E-state index is 0.0846. The Kier molecular flexibility index (Phi) is 8.73. The number of nitrogens with zero attached hydrogens (tertiary/aromatic N) is 7. The lowest BCUT2D eigenvalue weighted by Gasteiger charge is -2.42. The molecule has 1 fully saturated rings. The maximum absolute atomic E-state index is 16.1. The molecule has 3 aliphatic rings. The number of hydrogen-bond donors (Lipinski definition) is 1. The molecule has 2 aromatic heterocycles. The van der Waals surface area contributed by atoms with E-state index in [9.17, 15) is 19.6 Å². The second-order valence-electron chi connectivity index (χ2n) is 13.2. The first-order chi connectivity index (χ1) is 21.6. The summed E-state index contributed by atoms with van der Waals surface area (Å²) in [4.78, 5) is 56.8. The highest BCUT2D eigenvalue weighted by Gasteiger charge is 2.38. The van der Waals surface area contributed by atoms with Crippen LogP contribution in [-0.2, 0) is 9.53 Å². The van der Waals surface area contributed by atoms with Gasteiger partial charge in [-0.1, -0.05) is 39.8 Å². The molecule has 0 spiro atoms. The summed E-state index contributed by atoms with van der Waals surface area (Å²) in [6.07, 6.45) is 7.92. The molecule has 2 aromatic rings. The number of amides is 1. The first-order valence-electron chi connectivity index (χ1n) is 15.4. The van der Waals surface area contributed by atoms with E-state index in [0.29, 0.717) is 22.1 Å². The zero-order valence-corrected chi connectivity index (χ0v) is 27.4. The van der Waals surface area contributed by atoms with Gasteiger partial charge in [0.1, 0.15) is 23.4 Å². The monoisotopic (exact) mass is 633 g/mol. The quantitative estimate of drug-likeness (QED) is 0.449. The first kappa shape index (κ1) is 32.7. The average Bonchev–Trinajstić information content (AvgIpc) is 2.97. The third kappa shape index (κ3) is 5.98. The predicted molar refractivity (Wildman–Crippen MR) is 172 cm³/mol. The van der Waals surface area contributed by atoms with Crippen molar-refractivity contribution in [1.29, 1.82) is 0 Å². The van der Waals surface area contributed by atoms with Crippen molar-refractivity contribution in [2.75, 3.05) is 29.6 Å². The number of carbonyl (C=O) groups is 2. The summed E-state index contributed by atoms with van der Waals surface area (Å²) in [6, 6.07) is -0.359. The molecule has 46 heavy (non-hydrogen) atoms. The van der Waals surface area contributed by atoms with E-state index in [1.165, 1.54) is 35.2 Å². The third-order valence-electron chi connectivity index (χ3n) is 7.89. The third-order valence-corrected chi connectivity index (χ3v) is 7.89. The molecule has 2 aliphatic heterocycles. The van der Waals surface area contributed by atoms with Crippen molar-refractivity contribution in [1.82, 2.24) is 24.4 Å². The summed E-state index contributed by atoms with van der Waals surface area (Å²) in [6.45, 7) is 15.7. The number of hydrogen-bond acceptors (Lipinski definition) is 10. The second-order valence-corrected chi connectivity index (χ2v) is 13.2. The van der Waals surface area contributed by atoms with Crippen molar-refractivity contribution in [2.45, 2.75) is 78.9 Å². The van der Waals surface area contributed by atoms with E-state index < -0.39 is 34.7 Å². The number of ketones is 1. The van der Waals surface area contributed by atoms with Gasteiger partial charge in [-0.15, -0.1) is 0 Å². The molecule has 0 aromatic carbocycles. The van der Waals surface area contributed by atoms with Gasteiger partial charge in [0.25, 0.3) is 0 Å². The van der Waals surface area contributed by atoms with Crippen molar-refractivity contribution in [3.05, 3.63) is 75.2 Å². The van der Waals surface area contributed by atoms with Crippen molar-refractivity contribution in [3.63, 3.8) is 0 Å². The Hall–Kier alpha value is -4.65. The smallest absolute Gasteiger partial charge is 0.410 e.